The first-order valence-electron chi connectivity index (χ1n) is 5.95. The minimum atomic E-state index is 0.493. The standard InChI is InChI=1S/C13H13BrClN3/c14-9-1-2-10(11(15)5-9)12-7-17-13(18-12)8-3-4-16-6-8/h1-2,5,7-8,16H,3-4,6H2,(H,17,18). The topological polar surface area (TPSA) is 40.7 Å². The van der Waals surface area contributed by atoms with Crippen molar-refractivity contribution in [3.63, 3.8) is 0 Å². The summed E-state index contributed by atoms with van der Waals surface area (Å²) in [4.78, 5) is 7.85. The number of benzene rings is 1. The zero-order chi connectivity index (χ0) is 12.5. The summed E-state index contributed by atoms with van der Waals surface area (Å²) in [6.07, 6.45) is 3.00. The number of nitrogens with zero attached hydrogens (tertiary/aromatic N) is 1. The predicted molar refractivity (Wildman–Crippen MR) is 77.0 cm³/mol. The molecule has 3 rings (SSSR count). The fourth-order valence-corrected chi connectivity index (χ4v) is 3.05. The third kappa shape index (κ3) is 2.32. The molecule has 18 heavy (non-hydrogen) atoms. The molecule has 0 saturated carbocycles. The number of rotatable bonds is 2. The van der Waals surface area contributed by atoms with Crippen molar-refractivity contribution in [2.24, 2.45) is 0 Å². The quantitative estimate of drug-likeness (QED) is 0.886. The van der Waals surface area contributed by atoms with Crippen molar-refractivity contribution in [2.45, 2.75) is 12.3 Å². The van der Waals surface area contributed by atoms with Crippen molar-refractivity contribution in [3.8, 4) is 11.3 Å². The van der Waals surface area contributed by atoms with E-state index in [1.165, 1.54) is 0 Å². The molecule has 1 aliphatic heterocycles. The molecular weight excluding hydrogens is 314 g/mol. The van der Waals surface area contributed by atoms with E-state index < -0.39 is 0 Å². The zero-order valence-electron chi connectivity index (χ0n) is 9.71. The summed E-state index contributed by atoms with van der Waals surface area (Å²) in [5.74, 6) is 1.54. The lowest BCUT2D eigenvalue weighted by Crippen LogP contribution is -2.08. The van der Waals surface area contributed by atoms with E-state index in [0.717, 1.165) is 46.1 Å². The first-order valence-corrected chi connectivity index (χ1v) is 7.12. The van der Waals surface area contributed by atoms with Crippen LogP contribution in [0.2, 0.25) is 5.02 Å². The maximum Gasteiger partial charge on any atom is 0.110 e. The molecule has 1 fully saturated rings. The summed E-state index contributed by atoms with van der Waals surface area (Å²) < 4.78 is 0.982. The molecule has 3 nitrogen and oxygen atoms in total. The van der Waals surface area contributed by atoms with Gasteiger partial charge in [0.15, 0.2) is 0 Å². The van der Waals surface area contributed by atoms with Gasteiger partial charge in [0.2, 0.25) is 0 Å². The van der Waals surface area contributed by atoms with Gasteiger partial charge in [0.25, 0.3) is 0 Å². The minimum absolute atomic E-state index is 0.493. The Morgan fingerprint density at radius 2 is 2.28 bits per heavy atom. The summed E-state index contributed by atoms with van der Waals surface area (Å²) in [5.41, 5.74) is 1.97. The van der Waals surface area contributed by atoms with Gasteiger partial charge in [-0.3, -0.25) is 0 Å². The molecule has 5 heteroatoms. The summed E-state index contributed by atoms with van der Waals surface area (Å²) in [5, 5.41) is 4.07. The van der Waals surface area contributed by atoms with Crippen LogP contribution in [0.15, 0.2) is 28.9 Å². The summed E-state index contributed by atoms with van der Waals surface area (Å²) >= 11 is 9.65. The van der Waals surface area contributed by atoms with Crippen LogP contribution in [-0.4, -0.2) is 23.1 Å². The van der Waals surface area contributed by atoms with Gasteiger partial charge in [-0.05, 0) is 25.1 Å². The third-order valence-electron chi connectivity index (χ3n) is 3.26. The number of imidazole rings is 1. The van der Waals surface area contributed by atoms with Crippen LogP contribution in [0, 0.1) is 0 Å². The van der Waals surface area contributed by atoms with Gasteiger partial charge in [-0.2, -0.15) is 0 Å². The molecule has 0 bridgehead atoms. The van der Waals surface area contributed by atoms with Crippen LogP contribution in [0.4, 0.5) is 0 Å². The van der Waals surface area contributed by atoms with Crippen LogP contribution in [-0.2, 0) is 0 Å². The van der Waals surface area contributed by atoms with Gasteiger partial charge in [0.05, 0.1) is 16.9 Å². The average molecular weight is 327 g/mol. The monoisotopic (exact) mass is 325 g/mol. The second kappa shape index (κ2) is 5.03. The van der Waals surface area contributed by atoms with E-state index in [1.807, 2.05) is 24.4 Å². The lowest BCUT2D eigenvalue weighted by molar-refractivity contribution is 0.715. The van der Waals surface area contributed by atoms with Crippen molar-refractivity contribution in [2.75, 3.05) is 13.1 Å². The Bertz CT molecular complexity index is 561. The Kier molecular flexibility index (Phi) is 3.41. The molecule has 1 aromatic heterocycles. The largest absolute Gasteiger partial charge is 0.342 e. The van der Waals surface area contributed by atoms with Crippen molar-refractivity contribution < 1.29 is 0 Å². The molecule has 0 amide bonds. The average Bonchev–Trinajstić information content (AvgIpc) is 2.99. The highest BCUT2D eigenvalue weighted by atomic mass is 79.9. The molecular formula is C13H13BrClN3. The molecule has 1 saturated heterocycles. The second-order valence-corrected chi connectivity index (χ2v) is 5.82. The van der Waals surface area contributed by atoms with Crippen LogP contribution in [0.3, 0.4) is 0 Å². The molecule has 2 N–H and O–H groups in total. The smallest absolute Gasteiger partial charge is 0.110 e. The lowest BCUT2D eigenvalue weighted by atomic mass is 10.1. The number of hydrogen-bond donors (Lipinski definition) is 2. The van der Waals surface area contributed by atoms with E-state index in [0.29, 0.717) is 5.92 Å². The van der Waals surface area contributed by atoms with Crippen LogP contribution >= 0.6 is 27.5 Å². The van der Waals surface area contributed by atoms with Gasteiger partial charge < -0.3 is 10.3 Å². The molecule has 1 aromatic carbocycles. The first kappa shape index (κ1) is 12.2. The number of aromatic nitrogens is 2. The van der Waals surface area contributed by atoms with Crippen LogP contribution in [0.5, 0.6) is 0 Å². The van der Waals surface area contributed by atoms with Gasteiger partial charge >= 0.3 is 0 Å². The van der Waals surface area contributed by atoms with Gasteiger partial charge in [0, 0.05) is 22.5 Å². The number of halogens is 2. The lowest BCUT2D eigenvalue weighted by Gasteiger charge is -2.04. The highest BCUT2D eigenvalue weighted by Gasteiger charge is 2.20. The number of nitrogens with one attached hydrogen (secondary N) is 2. The molecule has 2 aromatic rings. The number of H-pyrrole nitrogens is 1. The number of hydrogen-bond acceptors (Lipinski definition) is 2. The molecule has 0 spiro atoms. The summed E-state index contributed by atoms with van der Waals surface area (Å²) in [6, 6.07) is 5.88. The molecule has 0 aliphatic carbocycles. The Morgan fingerprint density at radius 3 is 3.00 bits per heavy atom. The molecule has 1 atom stereocenters. The zero-order valence-corrected chi connectivity index (χ0v) is 12.1. The van der Waals surface area contributed by atoms with E-state index >= 15 is 0 Å². The fraction of sp³-hybridized carbons (Fsp3) is 0.308. The van der Waals surface area contributed by atoms with Gasteiger partial charge in [-0.1, -0.05) is 33.6 Å². The Balaban J connectivity index is 1.92. The summed E-state index contributed by atoms with van der Waals surface area (Å²) in [7, 11) is 0. The maximum atomic E-state index is 6.24. The highest BCUT2D eigenvalue weighted by Crippen LogP contribution is 2.30. The molecule has 1 unspecified atom stereocenters. The SMILES string of the molecule is Clc1cc(Br)ccc1-c1cnc(C2CCNC2)[nH]1. The Labute approximate surface area is 119 Å². The van der Waals surface area contributed by atoms with Crippen LogP contribution in [0.25, 0.3) is 11.3 Å². The first-order chi connectivity index (χ1) is 8.74. The normalized spacial score (nSPS) is 19.3. The van der Waals surface area contributed by atoms with Crippen molar-refractivity contribution >= 4 is 27.5 Å². The minimum Gasteiger partial charge on any atom is -0.342 e. The van der Waals surface area contributed by atoms with E-state index in [4.69, 9.17) is 11.6 Å². The summed E-state index contributed by atoms with van der Waals surface area (Å²) in [6.45, 7) is 2.07. The second-order valence-electron chi connectivity index (χ2n) is 4.50. The van der Waals surface area contributed by atoms with Crippen LogP contribution in [0.1, 0.15) is 18.2 Å². The van der Waals surface area contributed by atoms with E-state index in [9.17, 15) is 0 Å². The van der Waals surface area contributed by atoms with Crippen LogP contribution < -0.4 is 5.32 Å². The third-order valence-corrected chi connectivity index (χ3v) is 4.07. The number of aromatic amines is 1. The van der Waals surface area contributed by atoms with Crippen molar-refractivity contribution in [1.29, 1.82) is 0 Å². The molecule has 94 valence electrons. The van der Waals surface area contributed by atoms with E-state index in [-0.39, 0.29) is 0 Å². The van der Waals surface area contributed by atoms with Gasteiger partial charge in [0.1, 0.15) is 5.82 Å². The molecule has 1 aliphatic rings. The van der Waals surface area contributed by atoms with Crippen molar-refractivity contribution in [3.05, 3.63) is 39.7 Å². The highest BCUT2D eigenvalue weighted by molar-refractivity contribution is 9.10. The molecule has 0 radical (unpaired) electrons. The van der Waals surface area contributed by atoms with E-state index in [2.05, 4.69) is 31.2 Å². The fourth-order valence-electron chi connectivity index (χ4n) is 2.28. The van der Waals surface area contributed by atoms with E-state index in [1.54, 1.807) is 0 Å². The Morgan fingerprint density at radius 1 is 1.39 bits per heavy atom. The van der Waals surface area contributed by atoms with Gasteiger partial charge in [-0.15, -0.1) is 0 Å². The Hall–Kier alpha value is -0.840. The molecule has 2 heterocycles. The predicted octanol–water partition coefficient (Wildman–Crippen LogP) is 3.57. The maximum absolute atomic E-state index is 6.24. The van der Waals surface area contributed by atoms with Gasteiger partial charge in [-0.25, -0.2) is 4.98 Å². The van der Waals surface area contributed by atoms with Crippen molar-refractivity contribution in [1.82, 2.24) is 15.3 Å².